The van der Waals surface area contributed by atoms with E-state index >= 15 is 0 Å². The number of carboxylic acid groups (broad SMARTS) is 1. The maximum Gasteiger partial charge on any atom is 0.408 e. The van der Waals surface area contributed by atoms with Crippen molar-refractivity contribution in [1.82, 2.24) is 10.2 Å². The van der Waals surface area contributed by atoms with E-state index in [0.717, 1.165) is 62.3 Å². The fraction of sp³-hybridized carbons (Fsp3) is 0.462. The summed E-state index contributed by atoms with van der Waals surface area (Å²) in [6.07, 6.45) is 2.46. The summed E-state index contributed by atoms with van der Waals surface area (Å²) < 4.78 is 16.6. The van der Waals surface area contributed by atoms with E-state index in [2.05, 4.69) is 36.3 Å². The topological polar surface area (TPSA) is 152 Å². The van der Waals surface area contributed by atoms with Crippen molar-refractivity contribution < 1.29 is 33.7 Å². The van der Waals surface area contributed by atoms with Crippen molar-refractivity contribution in [2.45, 2.75) is 85.5 Å². The second-order valence-electron chi connectivity index (χ2n) is 12.7. The Labute approximate surface area is 297 Å². The lowest BCUT2D eigenvalue weighted by molar-refractivity contribution is -0.139. The van der Waals surface area contributed by atoms with Gasteiger partial charge >= 0.3 is 12.1 Å². The lowest BCUT2D eigenvalue weighted by Gasteiger charge is -2.22. The zero-order valence-corrected chi connectivity index (χ0v) is 30.5. The summed E-state index contributed by atoms with van der Waals surface area (Å²) in [5.74, 6) is -0.318. The van der Waals surface area contributed by atoms with E-state index in [1.54, 1.807) is 45.0 Å². The number of ether oxygens (including phenoxy) is 3. The van der Waals surface area contributed by atoms with Crippen LogP contribution < -0.4 is 25.8 Å². The molecule has 50 heavy (non-hydrogen) atoms. The monoisotopic (exact) mass is 692 g/mol. The first-order valence-corrected chi connectivity index (χ1v) is 17.4. The molecule has 11 nitrogen and oxygen atoms in total. The molecule has 0 fully saturated rings. The van der Waals surface area contributed by atoms with Gasteiger partial charge in [-0.25, -0.2) is 9.59 Å². The number of carbonyl (C=O) groups excluding carboxylic acids is 2. The summed E-state index contributed by atoms with van der Waals surface area (Å²) in [6, 6.07) is 21.4. The molecule has 0 spiro atoms. The van der Waals surface area contributed by atoms with Crippen molar-refractivity contribution in [3.63, 3.8) is 0 Å². The molecular weight excluding hydrogens is 636 g/mol. The summed E-state index contributed by atoms with van der Waals surface area (Å²) >= 11 is 0. The number of benzene rings is 3. The second kappa shape index (κ2) is 22.0. The Bertz CT molecular complexity index is 1440. The van der Waals surface area contributed by atoms with Crippen LogP contribution in [0.5, 0.6) is 11.5 Å². The first-order valence-electron chi connectivity index (χ1n) is 17.4. The van der Waals surface area contributed by atoms with E-state index < -0.39 is 29.6 Å². The largest absolute Gasteiger partial charge is 0.493 e. The standard InChI is InChI=1S/C21H25NO5.C18H31N3O2/c1-21(2,3)27-20(25)22-18(19(23)24)13-15-9-11-17(12-10-15)26-14-16-7-5-4-6-8-16;1-4-7-12-20-15-10-8-11-16(17(15)18(19)22)23-14-9-13-21(5-2)6-3/h4-12,18H,13-14H2,1-3H3,(H,22,25)(H,23,24);8,10-11,20H,4-7,9,12-14H2,1-3H3,(H2,19,22)/t18-;/m1./s1. The van der Waals surface area contributed by atoms with Crippen LogP contribution in [0.4, 0.5) is 10.5 Å². The van der Waals surface area contributed by atoms with Gasteiger partial charge < -0.3 is 40.6 Å². The summed E-state index contributed by atoms with van der Waals surface area (Å²) in [6.45, 7) is 16.5. The van der Waals surface area contributed by atoms with Gasteiger partial charge in [0.2, 0.25) is 0 Å². The number of hydrogen-bond donors (Lipinski definition) is 4. The van der Waals surface area contributed by atoms with E-state index in [1.165, 1.54) is 0 Å². The molecule has 3 aromatic rings. The molecule has 0 bridgehead atoms. The molecule has 0 saturated heterocycles. The van der Waals surface area contributed by atoms with Crippen molar-refractivity contribution in [2.75, 3.05) is 38.1 Å². The number of primary amides is 1. The van der Waals surface area contributed by atoms with Crippen LogP contribution in [-0.4, -0.2) is 72.4 Å². The summed E-state index contributed by atoms with van der Waals surface area (Å²) in [5.41, 5.74) is 7.90. The molecule has 5 N–H and O–H groups in total. The summed E-state index contributed by atoms with van der Waals surface area (Å²) in [7, 11) is 0. The number of alkyl carbamates (subject to hydrolysis) is 1. The molecule has 0 heterocycles. The van der Waals surface area contributed by atoms with Crippen LogP contribution >= 0.6 is 0 Å². The molecule has 274 valence electrons. The molecule has 0 unspecified atom stereocenters. The third-order valence-corrected chi connectivity index (χ3v) is 7.49. The number of amides is 2. The van der Waals surface area contributed by atoms with Gasteiger partial charge in [-0.15, -0.1) is 0 Å². The van der Waals surface area contributed by atoms with E-state index in [-0.39, 0.29) is 6.42 Å². The number of nitrogens with one attached hydrogen (secondary N) is 2. The molecule has 11 heteroatoms. The molecule has 0 saturated carbocycles. The maximum absolute atomic E-state index is 11.8. The highest BCUT2D eigenvalue weighted by atomic mass is 16.6. The minimum atomic E-state index is -1.12. The van der Waals surface area contributed by atoms with Gasteiger partial charge in [0.05, 0.1) is 12.3 Å². The molecule has 3 rings (SSSR count). The molecular formula is C39H56N4O7. The minimum Gasteiger partial charge on any atom is -0.493 e. The minimum absolute atomic E-state index is 0.146. The van der Waals surface area contributed by atoms with E-state index in [4.69, 9.17) is 19.9 Å². The van der Waals surface area contributed by atoms with Crippen molar-refractivity contribution in [1.29, 1.82) is 0 Å². The Morgan fingerprint density at radius 1 is 0.860 bits per heavy atom. The van der Waals surface area contributed by atoms with Gasteiger partial charge in [-0.05, 0) is 82.1 Å². The van der Waals surface area contributed by atoms with Gasteiger partial charge in [0.25, 0.3) is 5.91 Å². The fourth-order valence-corrected chi connectivity index (χ4v) is 4.81. The van der Waals surface area contributed by atoms with Crippen LogP contribution in [-0.2, 0) is 22.6 Å². The number of unbranched alkanes of at least 4 members (excludes halogenated alkanes) is 1. The van der Waals surface area contributed by atoms with Crippen LogP contribution in [0.15, 0.2) is 72.8 Å². The number of aliphatic carboxylic acids is 1. The molecule has 0 aliphatic carbocycles. The SMILES string of the molecule is CC(C)(C)OC(=O)N[C@H](Cc1ccc(OCc2ccccc2)cc1)C(=O)O.CCCCNc1cccc(OCCCN(CC)CC)c1C(N)=O. The molecule has 0 aromatic heterocycles. The number of anilines is 1. The van der Waals surface area contributed by atoms with Gasteiger partial charge in [0, 0.05) is 19.5 Å². The van der Waals surface area contributed by atoms with E-state index in [0.29, 0.717) is 30.3 Å². The van der Waals surface area contributed by atoms with E-state index in [1.807, 2.05) is 48.5 Å². The predicted molar refractivity (Wildman–Crippen MR) is 198 cm³/mol. The first kappa shape index (κ1) is 41.4. The van der Waals surface area contributed by atoms with Gasteiger partial charge in [-0.2, -0.15) is 0 Å². The van der Waals surface area contributed by atoms with Crippen molar-refractivity contribution in [2.24, 2.45) is 5.73 Å². The highest BCUT2D eigenvalue weighted by Crippen LogP contribution is 2.26. The van der Waals surface area contributed by atoms with Gasteiger partial charge in [-0.3, -0.25) is 4.79 Å². The highest BCUT2D eigenvalue weighted by molar-refractivity contribution is 6.01. The average molecular weight is 693 g/mol. The van der Waals surface area contributed by atoms with Gasteiger partial charge in [0.1, 0.15) is 35.3 Å². The smallest absolute Gasteiger partial charge is 0.408 e. The van der Waals surface area contributed by atoms with Crippen LogP contribution in [0.2, 0.25) is 0 Å². The fourth-order valence-electron chi connectivity index (χ4n) is 4.81. The van der Waals surface area contributed by atoms with Crippen molar-refractivity contribution in [3.8, 4) is 11.5 Å². The molecule has 0 aliphatic heterocycles. The average Bonchev–Trinajstić information content (AvgIpc) is 3.07. The lowest BCUT2D eigenvalue weighted by atomic mass is 10.1. The van der Waals surface area contributed by atoms with Crippen molar-refractivity contribution >= 4 is 23.7 Å². The molecule has 1 atom stereocenters. The van der Waals surface area contributed by atoms with Crippen LogP contribution in [0, 0.1) is 0 Å². The number of carbonyl (C=O) groups is 3. The van der Waals surface area contributed by atoms with Crippen LogP contribution in [0.1, 0.15) is 82.3 Å². The highest BCUT2D eigenvalue weighted by Gasteiger charge is 2.24. The Morgan fingerprint density at radius 2 is 1.54 bits per heavy atom. The maximum atomic E-state index is 11.8. The number of hydrogen-bond acceptors (Lipinski definition) is 8. The van der Waals surface area contributed by atoms with E-state index in [9.17, 15) is 19.5 Å². The number of carboxylic acids is 1. The molecule has 0 radical (unpaired) electrons. The third kappa shape index (κ3) is 16.1. The molecule has 3 aromatic carbocycles. The second-order valence-corrected chi connectivity index (χ2v) is 12.7. The summed E-state index contributed by atoms with van der Waals surface area (Å²) in [4.78, 5) is 37.4. The summed E-state index contributed by atoms with van der Waals surface area (Å²) in [5, 5.41) is 15.0. The molecule has 0 aliphatic rings. The van der Waals surface area contributed by atoms with Crippen LogP contribution in [0.25, 0.3) is 0 Å². The molecule has 2 amide bonds. The predicted octanol–water partition coefficient (Wildman–Crippen LogP) is 6.89. The Hall–Kier alpha value is -4.77. The van der Waals surface area contributed by atoms with Gasteiger partial charge in [-0.1, -0.05) is 75.7 Å². The van der Waals surface area contributed by atoms with Crippen LogP contribution in [0.3, 0.4) is 0 Å². The quantitative estimate of drug-likeness (QED) is 0.0984. The van der Waals surface area contributed by atoms with Crippen molar-refractivity contribution in [3.05, 3.63) is 89.5 Å². The normalized spacial score (nSPS) is 11.5. The number of nitrogens with two attached hydrogens (primary N) is 1. The number of rotatable bonds is 19. The lowest BCUT2D eigenvalue weighted by Crippen LogP contribution is -2.44. The third-order valence-electron chi connectivity index (χ3n) is 7.49. The zero-order chi connectivity index (χ0) is 36.9. The first-order chi connectivity index (χ1) is 23.9. The zero-order valence-electron chi connectivity index (χ0n) is 30.5. The Kier molecular flexibility index (Phi) is 18.3. The number of nitrogens with zero attached hydrogens (tertiary/aromatic N) is 1. The Balaban J connectivity index is 0.000000352. The van der Waals surface area contributed by atoms with Gasteiger partial charge in [0.15, 0.2) is 0 Å². The Morgan fingerprint density at radius 3 is 2.12 bits per heavy atom.